The average molecular weight is 524 g/mol. The van der Waals surface area contributed by atoms with E-state index in [2.05, 4.69) is 39.2 Å². The minimum Gasteiger partial charge on any atom is -0.481 e. The summed E-state index contributed by atoms with van der Waals surface area (Å²) in [6.45, 7) is 0.812. The number of amides is 4. The second-order valence-corrected chi connectivity index (χ2v) is 8.22. The highest BCUT2D eigenvalue weighted by Gasteiger charge is 2.28. The molecule has 0 saturated carbocycles. The van der Waals surface area contributed by atoms with Gasteiger partial charge in [-0.3, -0.25) is 29.4 Å². The Labute approximate surface area is 214 Å². The summed E-state index contributed by atoms with van der Waals surface area (Å²) in [6.07, 6.45) is 0.418. The topological polar surface area (TPSA) is 216 Å². The van der Waals surface area contributed by atoms with Gasteiger partial charge in [0.2, 0.25) is 24.1 Å². The van der Waals surface area contributed by atoms with Gasteiger partial charge in [-0.1, -0.05) is 24.3 Å². The van der Waals surface area contributed by atoms with E-state index >= 15 is 0 Å². The van der Waals surface area contributed by atoms with Crippen LogP contribution in [0.4, 0.5) is 0 Å². The summed E-state index contributed by atoms with van der Waals surface area (Å²) < 4.78 is 0. The molecular weight excluding hydrogens is 490 g/mol. The van der Waals surface area contributed by atoms with Crippen molar-refractivity contribution in [2.45, 2.75) is 44.3 Å². The highest BCUT2D eigenvalue weighted by atomic mass is 32.1. The van der Waals surface area contributed by atoms with E-state index in [1.165, 1.54) is 0 Å². The summed E-state index contributed by atoms with van der Waals surface area (Å²) in [5, 5.41) is 29.0. The first-order valence-corrected chi connectivity index (χ1v) is 11.8. The van der Waals surface area contributed by atoms with Gasteiger partial charge in [0.1, 0.15) is 12.1 Å². The molecule has 1 rings (SSSR count). The van der Waals surface area contributed by atoms with Crippen LogP contribution in [0.1, 0.15) is 30.4 Å². The monoisotopic (exact) mass is 523 g/mol. The van der Waals surface area contributed by atoms with Gasteiger partial charge < -0.3 is 37.4 Å². The molecule has 0 unspecified atom stereocenters. The number of thiol groups is 1. The van der Waals surface area contributed by atoms with Crippen molar-refractivity contribution in [1.82, 2.24) is 26.6 Å². The molecule has 0 aromatic heterocycles. The molecule has 198 valence electrons. The highest BCUT2D eigenvalue weighted by molar-refractivity contribution is 7.80. The maximum Gasteiger partial charge on any atom is 0.305 e. The molecule has 0 aliphatic rings. The molecule has 0 aliphatic carbocycles. The summed E-state index contributed by atoms with van der Waals surface area (Å²) in [6, 6.07) is 4.57. The Morgan fingerprint density at radius 3 is 2.25 bits per heavy atom. The van der Waals surface area contributed by atoms with Crippen molar-refractivity contribution in [1.29, 1.82) is 5.41 Å². The summed E-state index contributed by atoms with van der Waals surface area (Å²) in [5.74, 6) is -3.03. The molecule has 0 fully saturated rings. The summed E-state index contributed by atoms with van der Waals surface area (Å²) in [7, 11) is 0. The van der Waals surface area contributed by atoms with Crippen molar-refractivity contribution in [3.8, 4) is 0 Å². The Kier molecular flexibility index (Phi) is 14.1. The fourth-order valence-corrected chi connectivity index (χ4v) is 3.23. The smallest absolute Gasteiger partial charge is 0.305 e. The lowest BCUT2D eigenvalue weighted by atomic mass is 10.1. The summed E-state index contributed by atoms with van der Waals surface area (Å²) in [4.78, 5) is 59.5. The summed E-state index contributed by atoms with van der Waals surface area (Å²) in [5.41, 5.74) is 6.78. The molecular formula is C22H33N7O6S. The van der Waals surface area contributed by atoms with Crippen LogP contribution in [0.25, 0.3) is 0 Å². The predicted molar refractivity (Wildman–Crippen MR) is 135 cm³/mol. The molecule has 4 amide bonds. The van der Waals surface area contributed by atoms with Crippen LogP contribution in [-0.2, 0) is 36.9 Å². The zero-order chi connectivity index (χ0) is 26.9. The first-order chi connectivity index (χ1) is 17.2. The lowest BCUT2D eigenvalue weighted by Gasteiger charge is -2.22. The molecule has 0 heterocycles. The van der Waals surface area contributed by atoms with E-state index in [0.29, 0.717) is 30.7 Å². The van der Waals surface area contributed by atoms with Crippen LogP contribution in [0.3, 0.4) is 0 Å². The van der Waals surface area contributed by atoms with E-state index in [9.17, 15) is 24.0 Å². The van der Waals surface area contributed by atoms with Crippen molar-refractivity contribution in [2.75, 3.05) is 18.8 Å². The third-order valence-electron chi connectivity index (χ3n) is 4.84. The van der Waals surface area contributed by atoms with Gasteiger partial charge in [-0.15, -0.1) is 0 Å². The van der Waals surface area contributed by atoms with Crippen molar-refractivity contribution < 1.29 is 29.1 Å². The molecule has 0 radical (unpaired) electrons. The number of rotatable bonds is 17. The number of guanidine groups is 1. The van der Waals surface area contributed by atoms with E-state index < -0.39 is 42.2 Å². The molecule has 0 saturated heterocycles. The van der Waals surface area contributed by atoms with Gasteiger partial charge in [-0.25, -0.2) is 0 Å². The second-order valence-electron chi connectivity index (χ2n) is 7.77. The Morgan fingerprint density at radius 1 is 1.00 bits per heavy atom. The zero-order valence-electron chi connectivity index (χ0n) is 19.7. The molecule has 13 nitrogen and oxygen atoms in total. The first kappa shape index (κ1) is 30.2. The number of carbonyl (C=O) groups is 5. The van der Waals surface area contributed by atoms with Crippen molar-refractivity contribution >= 4 is 48.7 Å². The maximum absolute atomic E-state index is 12.9. The lowest BCUT2D eigenvalue weighted by Crippen LogP contribution is -2.54. The summed E-state index contributed by atoms with van der Waals surface area (Å²) >= 11 is 3.98. The van der Waals surface area contributed by atoms with E-state index in [-0.39, 0.29) is 31.9 Å². The molecule has 1 aromatic carbocycles. The third kappa shape index (κ3) is 12.6. The quantitative estimate of drug-likeness (QED) is 0.0373. The number of carbonyl (C=O) groups excluding carboxylic acids is 4. The van der Waals surface area contributed by atoms with Crippen LogP contribution in [0.15, 0.2) is 24.3 Å². The van der Waals surface area contributed by atoms with Crippen LogP contribution in [0.2, 0.25) is 0 Å². The van der Waals surface area contributed by atoms with Gasteiger partial charge >= 0.3 is 5.97 Å². The minimum atomic E-state index is -1.34. The molecule has 0 aliphatic heterocycles. The van der Waals surface area contributed by atoms with Gasteiger partial charge in [0.15, 0.2) is 5.96 Å². The van der Waals surface area contributed by atoms with Gasteiger partial charge in [0.25, 0.3) is 0 Å². The van der Waals surface area contributed by atoms with Crippen LogP contribution in [-0.4, -0.2) is 72.1 Å². The van der Waals surface area contributed by atoms with E-state index in [1.807, 2.05) is 0 Å². The molecule has 2 atom stereocenters. The number of hydrogen-bond acceptors (Lipinski definition) is 7. The predicted octanol–water partition coefficient (Wildman–Crippen LogP) is -1.77. The van der Waals surface area contributed by atoms with Gasteiger partial charge in [0.05, 0.1) is 12.8 Å². The van der Waals surface area contributed by atoms with Crippen LogP contribution in [0.5, 0.6) is 0 Å². The molecule has 36 heavy (non-hydrogen) atoms. The Bertz CT molecular complexity index is 913. The third-order valence-corrected chi connectivity index (χ3v) is 5.06. The van der Waals surface area contributed by atoms with E-state index in [0.717, 1.165) is 5.56 Å². The average Bonchev–Trinajstić information content (AvgIpc) is 2.83. The normalized spacial score (nSPS) is 11.9. The molecule has 0 spiro atoms. The highest BCUT2D eigenvalue weighted by Crippen LogP contribution is 2.07. The van der Waals surface area contributed by atoms with Gasteiger partial charge in [0, 0.05) is 25.4 Å². The molecule has 14 heteroatoms. The van der Waals surface area contributed by atoms with Crippen molar-refractivity contribution in [2.24, 2.45) is 5.73 Å². The van der Waals surface area contributed by atoms with E-state index in [4.69, 9.17) is 16.2 Å². The minimum absolute atomic E-state index is 0.0299. The fourth-order valence-electron chi connectivity index (χ4n) is 3.12. The lowest BCUT2D eigenvalue weighted by molar-refractivity contribution is -0.141. The number of benzene rings is 1. The van der Waals surface area contributed by atoms with Crippen LogP contribution < -0.4 is 32.3 Å². The number of carboxylic acids is 1. The van der Waals surface area contributed by atoms with Crippen LogP contribution >= 0.6 is 12.6 Å². The largest absolute Gasteiger partial charge is 0.481 e. The number of aliphatic carboxylic acids is 1. The number of hydrogen-bond donors (Lipinski definition) is 9. The number of carboxylic acid groups (broad SMARTS) is 1. The molecule has 9 N–H and O–H groups in total. The number of nitrogens with one attached hydrogen (secondary N) is 6. The van der Waals surface area contributed by atoms with Gasteiger partial charge in [-0.05, 0) is 24.0 Å². The van der Waals surface area contributed by atoms with Crippen LogP contribution in [0, 0.1) is 5.41 Å². The van der Waals surface area contributed by atoms with Gasteiger partial charge in [-0.2, -0.15) is 12.6 Å². The SMILES string of the molecule is N=C(N)NCCC[C@H](NC(=O)Cc1ccc(CNC=O)cc1)C(=O)N[C@@H](CC(=O)O)C(=O)NCCS. The zero-order valence-corrected chi connectivity index (χ0v) is 20.6. The van der Waals surface area contributed by atoms with E-state index in [1.54, 1.807) is 24.3 Å². The van der Waals surface area contributed by atoms with Crippen molar-refractivity contribution in [3.05, 3.63) is 35.4 Å². The maximum atomic E-state index is 12.9. The van der Waals surface area contributed by atoms with Crippen molar-refractivity contribution in [3.63, 3.8) is 0 Å². The Balaban J connectivity index is 2.87. The Hall–Kier alpha value is -3.81. The fraction of sp³-hybridized carbons (Fsp3) is 0.455. The molecule has 0 bridgehead atoms. The molecule has 1 aromatic rings. The Morgan fingerprint density at radius 2 is 1.67 bits per heavy atom. The standard InChI is InChI=1S/C22H33N7O6S/c23-22(24)27-7-1-2-16(21(35)29-17(11-19(32)33)20(34)26-8-9-36)28-18(31)10-14-3-5-15(6-4-14)12-25-13-30/h3-6,13,16-17,36H,1-2,7-12H2,(H,25,30)(H,26,34)(H,28,31)(H,29,35)(H,32,33)(H4,23,24,27)/t16-,17-/m0/s1. The first-order valence-electron chi connectivity index (χ1n) is 11.2. The number of nitrogens with two attached hydrogens (primary N) is 1. The second kappa shape index (κ2) is 16.8.